The van der Waals surface area contributed by atoms with E-state index in [-0.39, 0.29) is 5.28 Å². The lowest BCUT2D eigenvalue weighted by atomic mass is 10.1. The number of hydrogen-bond acceptors (Lipinski definition) is 3. The van der Waals surface area contributed by atoms with Crippen molar-refractivity contribution in [1.82, 2.24) is 9.97 Å². The van der Waals surface area contributed by atoms with Crippen molar-refractivity contribution < 1.29 is 0 Å². The van der Waals surface area contributed by atoms with E-state index in [1.807, 2.05) is 24.3 Å². The van der Waals surface area contributed by atoms with Gasteiger partial charge in [0.25, 0.3) is 0 Å². The smallest absolute Gasteiger partial charge is 0.224 e. The van der Waals surface area contributed by atoms with Gasteiger partial charge in [-0.15, -0.1) is 0 Å². The molecule has 3 rings (SSSR count). The van der Waals surface area contributed by atoms with Gasteiger partial charge in [0.15, 0.2) is 0 Å². The minimum absolute atomic E-state index is 0.270. The summed E-state index contributed by atoms with van der Waals surface area (Å²) in [4.78, 5) is 8.53. The van der Waals surface area contributed by atoms with Crippen molar-refractivity contribution in [2.75, 3.05) is 11.9 Å². The third-order valence-electron chi connectivity index (χ3n) is 3.52. The van der Waals surface area contributed by atoms with E-state index >= 15 is 0 Å². The van der Waals surface area contributed by atoms with E-state index in [0.29, 0.717) is 0 Å². The lowest BCUT2D eigenvalue weighted by Crippen LogP contribution is -2.08. The van der Waals surface area contributed by atoms with Gasteiger partial charge in [-0.25, -0.2) is 9.97 Å². The summed E-state index contributed by atoms with van der Waals surface area (Å²) >= 11 is 5.98. The predicted octanol–water partition coefficient (Wildman–Crippen LogP) is 4.25. The standard InChI is InChI=1S/C17H16ClN3/c1-12-6-2-3-7-13(12)10-11-19-16-14-8-4-5-9-15(14)20-17(18)21-16/h2-9H,10-11H2,1H3,(H,19,20,21). The zero-order valence-corrected chi connectivity index (χ0v) is 12.6. The van der Waals surface area contributed by atoms with E-state index < -0.39 is 0 Å². The molecule has 106 valence electrons. The molecule has 1 heterocycles. The van der Waals surface area contributed by atoms with Crippen LogP contribution in [0, 0.1) is 6.92 Å². The second kappa shape index (κ2) is 6.10. The number of benzene rings is 2. The van der Waals surface area contributed by atoms with Gasteiger partial charge in [-0.2, -0.15) is 0 Å². The van der Waals surface area contributed by atoms with Gasteiger partial charge in [0.1, 0.15) is 5.82 Å². The lowest BCUT2D eigenvalue weighted by molar-refractivity contribution is 0.994. The maximum atomic E-state index is 5.98. The zero-order valence-electron chi connectivity index (χ0n) is 11.8. The molecule has 0 saturated heterocycles. The van der Waals surface area contributed by atoms with E-state index in [9.17, 15) is 0 Å². The minimum atomic E-state index is 0.270. The summed E-state index contributed by atoms with van der Waals surface area (Å²) in [6.07, 6.45) is 0.947. The average molecular weight is 298 g/mol. The fourth-order valence-corrected chi connectivity index (χ4v) is 2.56. The van der Waals surface area contributed by atoms with E-state index in [1.54, 1.807) is 0 Å². The largest absolute Gasteiger partial charge is 0.369 e. The van der Waals surface area contributed by atoms with Crippen molar-refractivity contribution in [3.05, 3.63) is 64.9 Å². The van der Waals surface area contributed by atoms with Gasteiger partial charge in [0.2, 0.25) is 5.28 Å². The second-order valence-electron chi connectivity index (χ2n) is 4.96. The number of nitrogens with zero attached hydrogens (tertiary/aromatic N) is 2. The molecule has 4 heteroatoms. The molecule has 2 aromatic carbocycles. The second-order valence-corrected chi connectivity index (χ2v) is 5.30. The third-order valence-corrected chi connectivity index (χ3v) is 3.69. The maximum absolute atomic E-state index is 5.98. The van der Waals surface area contributed by atoms with Crippen LogP contribution in [0.15, 0.2) is 48.5 Å². The first-order valence-electron chi connectivity index (χ1n) is 6.95. The first-order valence-corrected chi connectivity index (χ1v) is 7.32. The van der Waals surface area contributed by atoms with Crippen LogP contribution >= 0.6 is 11.6 Å². The number of aromatic nitrogens is 2. The van der Waals surface area contributed by atoms with Gasteiger partial charge in [-0.1, -0.05) is 36.4 Å². The highest BCUT2D eigenvalue weighted by Crippen LogP contribution is 2.21. The fourth-order valence-electron chi connectivity index (χ4n) is 2.39. The van der Waals surface area contributed by atoms with E-state index in [1.165, 1.54) is 11.1 Å². The molecule has 0 aliphatic carbocycles. The van der Waals surface area contributed by atoms with E-state index in [0.717, 1.165) is 29.7 Å². The molecule has 0 unspecified atom stereocenters. The summed E-state index contributed by atoms with van der Waals surface area (Å²) in [5.41, 5.74) is 3.51. The van der Waals surface area contributed by atoms with Gasteiger partial charge >= 0.3 is 0 Å². The quantitative estimate of drug-likeness (QED) is 0.732. The van der Waals surface area contributed by atoms with Crippen molar-refractivity contribution >= 4 is 28.3 Å². The molecule has 0 aliphatic heterocycles. The number of fused-ring (bicyclic) bond motifs is 1. The molecular formula is C17H16ClN3. The average Bonchev–Trinajstić information content (AvgIpc) is 2.49. The zero-order chi connectivity index (χ0) is 14.7. The SMILES string of the molecule is Cc1ccccc1CCNc1nc(Cl)nc2ccccc12. The molecule has 0 bridgehead atoms. The van der Waals surface area contributed by atoms with Crippen LogP contribution in [0.4, 0.5) is 5.82 Å². The van der Waals surface area contributed by atoms with Crippen molar-refractivity contribution in [3.8, 4) is 0 Å². The monoisotopic (exact) mass is 297 g/mol. The molecule has 0 fully saturated rings. The Labute approximate surface area is 129 Å². The van der Waals surface area contributed by atoms with Crippen LogP contribution in [0.5, 0.6) is 0 Å². The van der Waals surface area contributed by atoms with Crippen LogP contribution in [-0.2, 0) is 6.42 Å². The number of aryl methyl sites for hydroxylation is 1. The van der Waals surface area contributed by atoms with Crippen LogP contribution < -0.4 is 5.32 Å². The summed E-state index contributed by atoms with van der Waals surface area (Å²) < 4.78 is 0. The summed E-state index contributed by atoms with van der Waals surface area (Å²) in [6.45, 7) is 2.94. The van der Waals surface area contributed by atoms with Crippen molar-refractivity contribution in [2.45, 2.75) is 13.3 Å². The van der Waals surface area contributed by atoms with Gasteiger partial charge < -0.3 is 5.32 Å². The van der Waals surface area contributed by atoms with Crippen LogP contribution in [0.1, 0.15) is 11.1 Å². The van der Waals surface area contributed by atoms with Gasteiger partial charge in [0.05, 0.1) is 5.52 Å². The molecule has 0 spiro atoms. The van der Waals surface area contributed by atoms with Gasteiger partial charge in [-0.05, 0) is 48.2 Å². The molecule has 21 heavy (non-hydrogen) atoms. The van der Waals surface area contributed by atoms with Crippen LogP contribution in [0.25, 0.3) is 10.9 Å². The van der Waals surface area contributed by atoms with Crippen molar-refractivity contribution in [2.24, 2.45) is 0 Å². The van der Waals surface area contributed by atoms with Crippen molar-refractivity contribution in [1.29, 1.82) is 0 Å². The van der Waals surface area contributed by atoms with E-state index in [4.69, 9.17) is 11.6 Å². The molecule has 0 atom stereocenters. The predicted molar refractivity (Wildman–Crippen MR) is 87.9 cm³/mol. The Kier molecular flexibility index (Phi) is 4.02. The first kappa shape index (κ1) is 13.8. The van der Waals surface area contributed by atoms with Crippen LogP contribution in [-0.4, -0.2) is 16.5 Å². The van der Waals surface area contributed by atoms with Crippen molar-refractivity contribution in [3.63, 3.8) is 0 Å². The Balaban J connectivity index is 1.78. The first-order chi connectivity index (χ1) is 10.2. The molecule has 0 aliphatic rings. The van der Waals surface area contributed by atoms with Crippen LogP contribution in [0.2, 0.25) is 5.28 Å². The maximum Gasteiger partial charge on any atom is 0.224 e. The molecule has 0 radical (unpaired) electrons. The summed E-state index contributed by atoms with van der Waals surface area (Å²) in [5, 5.41) is 4.63. The number of nitrogens with one attached hydrogen (secondary N) is 1. The molecule has 0 saturated carbocycles. The topological polar surface area (TPSA) is 37.8 Å². The Hall–Kier alpha value is -2.13. The summed E-state index contributed by atoms with van der Waals surface area (Å²) in [7, 11) is 0. The Morgan fingerprint density at radius 2 is 1.76 bits per heavy atom. The normalized spacial score (nSPS) is 10.8. The van der Waals surface area contributed by atoms with Gasteiger partial charge in [-0.3, -0.25) is 0 Å². The number of halogens is 1. The lowest BCUT2D eigenvalue weighted by Gasteiger charge is -2.10. The Morgan fingerprint density at radius 3 is 2.62 bits per heavy atom. The highest BCUT2D eigenvalue weighted by molar-refractivity contribution is 6.28. The third kappa shape index (κ3) is 3.14. The molecule has 1 aromatic heterocycles. The molecule has 1 N–H and O–H groups in total. The number of para-hydroxylation sites is 1. The number of hydrogen-bond donors (Lipinski definition) is 1. The summed E-state index contributed by atoms with van der Waals surface area (Å²) in [5.74, 6) is 0.791. The highest BCUT2D eigenvalue weighted by atomic mass is 35.5. The Morgan fingerprint density at radius 1 is 1.00 bits per heavy atom. The molecule has 0 amide bonds. The number of anilines is 1. The van der Waals surface area contributed by atoms with E-state index in [2.05, 4.69) is 46.5 Å². The molecule has 3 nitrogen and oxygen atoms in total. The summed E-state index contributed by atoms with van der Waals surface area (Å²) in [6, 6.07) is 16.3. The highest BCUT2D eigenvalue weighted by Gasteiger charge is 2.06. The number of rotatable bonds is 4. The fraction of sp³-hybridized carbons (Fsp3) is 0.176. The van der Waals surface area contributed by atoms with Crippen LogP contribution in [0.3, 0.4) is 0 Å². The molecule has 3 aromatic rings. The van der Waals surface area contributed by atoms with Gasteiger partial charge in [0, 0.05) is 11.9 Å². The minimum Gasteiger partial charge on any atom is -0.369 e. The Bertz CT molecular complexity index is 771. The molecular weight excluding hydrogens is 282 g/mol.